The van der Waals surface area contributed by atoms with Gasteiger partial charge in [-0.2, -0.15) is 4.98 Å². The Morgan fingerprint density at radius 2 is 1.87 bits per heavy atom. The van der Waals surface area contributed by atoms with Crippen molar-refractivity contribution in [2.45, 2.75) is 37.8 Å². The molecule has 4 N–H and O–H groups in total. The number of nitrogens with one attached hydrogen (secondary N) is 2. The number of piperazine rings is 1. The van der Waals surface area contributed by atoms with Gasteiger partial charge in [-0.25, -0.2) is 4.39 Å². The standard InChI is InChI=1S/C20H25FN8O/c21-15-11-13(3-6-16(15)29-9-7-28(8-10-29)14-4-5-14)24-20-25-19(23-12-1-2-12)17(18(22)30)26-27-20/h3,6,11-12,14H,1-2,4-5,7-10H2,(H2,22,30)(H2,23,24,25,27). The fraction of sp³-hybridized carbons (Fsp3) is 0.500. The maximum Gasteiger partial charge on any atom is 0.273 e. The van der Waals surface area contributed by atoms with Gasteiger partial charge >= 0.3 is 0 Å². The van der Waals surface area contributed by atoms with E-state index < -0.39 is 5.91 Å². The number of carbonyl (C=O) groups excluding carboxylic acids is 1. The summed E-state index contributed by atoms with van der Waals surface area (Å²) in [5.74, 6) is -0.513. The van der Waals surface area contributed by atoms with Crippen molar-refractivity contribution in [2.75, 3.05) is 41.7 Å². The molecule has 9 nitrogen and oxygen atoms in total. The first-order chi connectivity index (χ1) is 14.6. The van der Waals surface area contributed by atoms with Gasteiger partial charge in [0.2, 0.25) is 5.95 Å². The zero-order valence-corrected chi connectivity index (χ0v) is 16.6. The van der Waals surface area contributed by atoms with Crippen LogP contribution in [0.1, 0.15) is 36.2 Å². The van der Waals surface area contributed by atoms with Crippen LogP contribution in [0.4, 0.5) is 27.5 Å². The van der Waals surface area contributed by atoms with Crippen LogP contribution < -0.4 is 21.3 Å². The van der Waals surface area contributed by atoms with Gasteiger partial charge in [-0.1, -0.05) is 0 Å². The molecule has 158 valence electrons. The van der Waals surface area contributed by atoms with E-state index in [1.165, 1.54) is 18.9 Å². The van der Waals surface area contributed by atoms with Gasteiger partial charge in [0.05, 0.1) is 5.69 Å². The number of halogens is 1. The van der Waals surface area contributed by atoms with Crippen LogP contribution in [0.15, 0.2) is 18.2 Å². The summed E-state index contributed by atoms with van der Waals surface area (Å²) in [4.78, 5) is 20.4. The molecule has 30 heavy (non-hydrogen) atoms. The number of hydrogen-bond donors (Lipinski definition) is 3. The van der Waals surface area contributed by atoms with Crippen molar-refractivity contribution in [3.8, 4) is 0 Å². The van der Waals surface area contributed by atoms with Crippen LogP contribution in [0.5, 0.6) is 0 Å². The zero-order valence-electron chi connectivity index (χ0n) is 16.6. The third-order valence-electron chi connectivity index (χ3n) is 5.76. The first kappa shape index (κ1) is 19.0. The number of carbonyl (C=O) groups is 1. The molecular formula is C20H25FN8O. The van der Waals surface area contributed by atoms with E-state index in [1.54, 1.807) is 12.1 Å². The highest BCUT2D eigenvalue weighted by Crippen LogP contribution is 2.30. The van der Waals surface area contributed by atoms with Gasteiger partial charge in [0.15, 0.2) is 11.5 Å². The third-order valence-corrected chi connectivity index (χ3v) is 5.76. The van der Waals surface area contributed by atoms with Crippen molar-refractivity contribution in [3.63, 3.8) is 0 Å². The maximum absolute atomic E-state index is 14.8. The Labute approximate surface area is 173 Å². The number of hydrogen-bond acceptors (Lipinski definition) is 8. The van der Waals surface area contributed by atoms with Gasteiger partial charge in [0.1, 0.15) is 5.82 Å². The Balaban J connectivity index is 1.28. The zero-order chi connectivity index (χ0) is 20.7. The van der Waals surface area contributed by atoms with E-state index in [0.29, 0.717) is 17.2 Å². The van der Waals surface area contributed by atoms with Crippen molar-refractivity contribution >= 4 is 29.0 Å². The lowest BCUT2D eigenvalue weighted by molar-refractivity contribution is 0.0995. The molecule has 1 amide bonds. The number of amides is 1. The molecular weight excluding hydrogens is 387 g/mol. The van der Waals surface area contributed by atoms with E-state index in [1.807, 2.05) is 0 Å². The second-order valence-corrected chi connectivity index (χ2v) is 8.16. The molecule has 10 heteroatoms. The van der Waals surface area contributed by atoms with Crippen molar-refractivity contribution in [1.82, 2.24) is 20.1 Å². The molecule has 1 aliphatic heterocycles. The molecule has 2 aromatic rings. The molecule has 1 saturated heterocycles. The Bertz CT molecular complexity index is 954. The maximum atomic E-state index is 14.8. The van der Waals surface area contributed by atoms with Gasteiger partial charge in [0.25, 0.3) is 5.91 Å². The minimum atomic E-state index is -0.693. The average Bonchev–Trinajstić information content (AvgIpc) is 3.63. The minimum Gasteiger partial charge on any atom is -0.367 e. The van der Waals surface area contributed by atoms with E-state index in [-0.39, 0.29) is 23.5 Å². The van der Waals surface area contributed by atoms with Gasteiger partial charge in [-0.15, -0.1) is 10.2 Å². The first-order valence-electron chi connectivity index (χ1n) is 10.4. The fourth-order valence-corrected chi connectivity index (χ4v) is 3.80. The number of primary amides is 1. The van der Waals surface area contributed by atoms with Crippen LogP contribution in [0.25, 0.3) is 0 Å². The second-order valence-electron chi connectivity index (χ2n) is 8.16. The highest BCUT2D eigenvalue weighted by atomic mass is 19.1. The van der Waals surface area contributed by atoms with E-state index in [4.69, 9.17) is 5.73 Å². The van der Waals surface area contributed by atoms with E-state index in [2.05, 4.69) is 35.6 Å². The summed E-state index contributed by atoms with van der Waals surface area (Å²) >= 11 is 0. The Morgan fingerprint density at radius 3 is 2.50 bits per heavy atom. The summed E-state index contributed by atoms with van der Waals surface area (Å²) in [6.07, 6.45) is 4.60. The van der Waals surface area contributed by atoms with Crippen molar-refractivity contribution < 1.29 is 9.18 Å². The lowest BCUT2D eigenvalue weighted by Gasteiger charge is -2.36. The molecule has 1 aromatic heterocycles. The number of aromatic nitrogens is 3. The molecule has 1 aromatic carbocycles. The smallest absolute Gasteiger partial charge is 0.273 e. The number of rotatable bonds is 7. The highest BCUT2D eigenvalue weighted by molar-refractivity contribution is 5.95. The predicted octanol–water partition coefficient (Wildman–Crippen LogP) is 1.71. The molecule has 0 bridgehead atoms. The molecule has 0 unspecified atom stereocenters. The first-order valence-corrected chi connectivity index (χ1v) is 10.4. The largest absolute Gasteiger partial charge is 0.367 e. The van der Waals surface area contributed by atoms with Crippen LogP contribution in [0.3, 0.4) is 0 Å². The van der Waals surface area contributed by atoms with Gasteiger partial charge in [0, 0.05) is 44.0 Å². The van der Waals surface area contributed by atoms with Gasteiger partial charge < -0.3 is 21.3 Å². The average molecular weight is 412 g/mol. The summed E-state index contributed by atoms with van der Waals surface area (Å²) < 4.78 is 14.8. The molecule has 3 fully saturated rings. The lowest BCUT2D eigenvalue weighted by atomic mass is 10.2. The summed E-state index contributed by atoms with van der Waals surface area (Å²) in [6, 6.07) is 6.02. The highest BCUT2D eigenvalue weighted by Gasteiger charge is 2.31. The van der Waals surface area contributed by atoms with Gasteiger partial charge in [-0.05, 0) is 43.9 Å². The number of nitrogens with zero attached hydrogens (tertiary/aromatic N) is 5. The summed E-state index contributed by atoms with van der Waals surface area (Å²) in [5.41, 5.74) is 6.47. The van der Waals surface area contributed by atoms with E-state index in [9.17, 15) is 9.18 Å². The van der Waals surface area contributed by atoms with Crippen LogP contribution in [0.2, 0.25) is 0 Å². The molecule has 0 spiro atoms. The van der Waals surface area contributed by atoms with Crippen molar-refractivity contribution in [3.05, 3.63) is 29.7 Å². The van der Waals surface area contributed by atoms with E-state index >= 15 is 0 Å². The number of anilines is 4. The van der Waals surface area contributed by atoms with Crippen LogP contribution in [0, 0.1) is 5.82 Å². The molecule has 3 aliphatic rings. The van der Waals surface area contributed by atoms with Gasteiger partial charge in [-0.3, -0.25) is 9.69 Å². The van der Waals surface area contributed by atoms with E-state index in [0.717, 1.165) is 45.1 Å². The molecule has 0 atom stereocenters. The summed E-state index contributed by atoms with van der Waals surface area (Å²) in [7, 11) is 0. The Morgan fingerprint density at radius 1 is 1.10 bits per heavy atom. The predicted molar refractivity (Wildman–Crippen MR) is 111 cm³/mol. The fourth-order valence-electron chi connectivity index (χ4n) is 3.80. The molecule has 5 rings (SSSR count). The molecule has 2 saturated carbocycles. The third kappa shape index (κ3) is 4.13. The summed E-state index contributed by atoms with van der Waals surface area (Å²) in [6.45, 7) is 3.62. The SMILES string of the molecule is NC(=O)c1nnc(Nc2ccc(N3CCN(C4CC4)CC3)c(F)c2)nc1NC1CC1. The second kappa shape index (κ2) is 7.67. The topological polar surface area (TPSA) is 112 Å². The normalized spacial score (nSPS) is 19.6. The number of nitrogens with two attached hydrogens (primary N) is 1. The van der Waals surface area contributed by atoms with Crippen LogP contribution in [-0.4, -0.2) is 64.3 Å². The monoisotopic (exact) mass is 412 g/mol. The Kier molecular flexibility index (Phi) is 4.86. The number of benzene rings is 1. The minimum absolute atomic E-state index is 0.000631. The molecule has 0 radical (unpaired) electrons. The quantitative estimate of drug-likeness (QED) is 0.630. The summed E-state index contributed by atoms with van der Waals surface area (Å²) in [5, 5.41) is 13.9. The lowest BCUT2D eigenvalue weighted by Crippen LogP contribution is -2.47. The molecule has 2 heterocycles. The van der Waals surface area contributed by atoms with Crippen molar-refractivity contribution in [2.24, 2.45) is 5.73 Å². The van der Waals surface area contributed by atoms with Crippen molar-refractivity contribution in [1.29, 1.82) is 0 Å². The van der Waals surface area contributed by atoms with Crippen LogP contribution >= 0.6 is 0 Å². The Hall–Kier alpha value is -3.01. The molecule has 2 aliphatic carbocycles. The van der Waals surface area contributed by atoms with Crippen LogP contribution in [-0.2, 0) is 0 Å².